The number of halogens is 1. The third kappa shape index (κ3) is 3.31. The van der Waals surface area contributed by atoms with Crippen LogP contribution in [-0.4, -0.2) is 37.7 Å². The van der Waals surface area contributed by atoms with Crippen molar-refractivity contribution in [1.29, 1.82) is 0 Å². The summed E-state index contributed by atoms with van der Waals surface area (Å²) in [6.07, 6.45) is 2.15. The number of carbonyl (C=O) groups excluding carboxylic acids is 1. The SMILES string of the molecule is NCc1ccc(Cl)cc1N1CCOCC1C(=O)NC1CC1. The number of ether oxygens (including phenoxy) is 1. The van der Waals surface area contributed by atoms with Crippen LogP contribution in [0, 0.1) is 0 Å². The highest BCUT2D eigenvalue weighted by atomic mass is 35.5. The number of hydrogen-bond donors (Lipinski definition) is 2. The second-order valence-electron chi connectivity index (χ2n) is 5.54. The molecule has 21 heavy (non-hydrogen) atoms. The predicted octanol–water partition coefficient (Wildman–Crippen LogP) is 1.28. The Morgan fingerprint density at radius 2 is 2.29 bits per heavy atom. The third-order valence-corrected chi connectivity index (χ3v) is 4.17. The normalized spacial score (nSPS) is 22.2. The molecule has 1 saturated carbocycles. The van der Waals surface area contributed by atoms with Crippen molar-refractivity contribution >= 4 is 23.2 Å². The summed E-state index contributed by atoms with van der Waals surface area (Å²) in [5, 5.41) is 3.70. The molecule has 0 aromatic heterocycles. The fourth-order valence-electron chi connectivity index (χ4n) is 2.61. The summed E-state index contributed by atoms with van der Waals surface area (Å²) < 4.78 is 5.49. The smallest absolute Gasteiger partial charge is 0.245 e. The summed E-state index contributed by atoms with van der Waals surface area (Å²) in [5.74, 6) is 0.0279. The zero-order valence-corrected chi connectivity index (χ0v) is 12.6. The molecule has 1 heterocycles. The van der Waals surface area contributed by atoms with E-state index in [1.54, 1.807) is 0 Å². The van der Waals surface area contributed by atoms with Crippen LogP contribution < -0.4 is 16.0 Å². The van der Waals surface area contributed by atoms with Gasteiger partial charge in [0, 0.05) is 29.8 Å². The fraction of sp³-hybridized carbons (Fsp3) is 0.533. The molecule has 2 aliphatic rings. The summed E-state index contributed by atoms with van der Waals surface area (Å²) in [4.78, 5) is 14.5. The van der Waals surface area contributed by atoms with Crippen LogP contribution in [0.5, 0.6) is 0 Å². The van der Waals surface area contributed by atoms with E-state index < -0.39 is 0 Å². The molecular formula is C15H20ClN3O2. The van der Waals surface area contributed by atoms with Gasteiger partial charge in [0.05, 0.1) is 13.2 Å². The van der Waals surface area contributed by atoms with E-state index >= 15 is 0 Å². The van der Waals surface area contributed by atoms with Crippen molar-refractivity contribution in [2.45, 2.75) is 31.5 Å². The van der Waals surface area contributed by atoms with E-state index in [1.165, 1.54) is 0 Å². The largest absolute Gasteiger partial charge is 0.377 e. The molecule has 1 aromatic rings. The van der Waals surface area contributed by atoms with Gasteiger partial charge in [0.1, 0.15) is 6.04 Å². The van der Waals surface area contributed by atoms with Crippen LogP contribution in [0.15, 0.2) is 18.2 Å². The van der Waals surface area contributed by atoms with Gasteiger partial charge in [-0.05, 0) is 30.5 Å². The number of anilines is 1. The van der Waals surface area contributed by atoms with E-state index in [2.05, 4.69) is 10.2 Å². The highest BCUT2D eigenvalue weighted by Gasteiger charge is 2.34. The molecule has 0 radical (unpaired) electrons. The van der Waals surface area contributed by atoms with Crippen molar-refractivity contribution in [2.24, 2.45) is 5.73 Å². The molecule has 6 heteroatoms. The molecule has 2 fully saturated rings. The van der Waals surface area contributed by atoms with Gasteiger partial charge in [-0.25, -0.2) is 0 Å². The Morgan fingerprint density at radius 3 is 3.00 bits per heavy atom. The number of morpholine rings is 1. The van der Waals surface area contributed by atoms with Crippen molar-refractivity contribution in [3.05, 3.63) is 28.8 Å². The zero-order valence-electron chi connectivity index (χ0n) is 11.8. The van der Waals surface area contributed by atoms with E-state index in [9.17, 15) is 4.79 Å². The molecule has 1 amide bonds. The average molecular weight is 310 g/mol. The van der Waals surface area contributed by atoms with Crippen LogP contribution in [0.1, 0.15) is 18.4 Å². The standard InChI is InChI=1S/C15H20ClN3O2/c16-11-2-1-10(8-17)13(7-11)19-5-6-21-9-14(19)15(20)18-12-3-4-12/h1-2,7,12,14H,3-6,8-9,17H2,(H,18,20). The molecular weight excluding hydrogens is 290 g/mol. The summed E-state index contributed by atoms with van der Waals surface area (Å²) in [7, 11) is 0. The first-order chi connectivity index (χ1) is 10.2. The lowest BCUT2D eigenvalue weighted by Crippen LogP contribution is -2.54. The lowest BCUT2D eigenvalue weighted by atomic mass is 10.1. The van der Waals surface area contributed by atoms with Gasteiger partial charge in [-0.15, -0.1) is 0 Å². The Morgan fingerprint density at radius 1 is 1.48 bits per heavy atom. The Hall–Kier alpha value is -1.30. The Balaban J connectivity index is 1.86. The minimum Gasteiger partial charge on any atom is -0.377 e. The van der Waals surface area contributed by atoms with Gasteiger partial charge in [0.25, 0.3) is 0 Å². The molecule has 0 bridgehead atoms. The number of nitrogens with zero attached hydrogens (tertiary/aromatic N) is 1. The lowest BCUT2D eigenvalue weighted by Gasteiger charge is -2.37. The van der Waals surface area contributed by atoms with E-state index in [4.69, 9.17) is 22.1 Å². The monoisotopic (exact) mass is 309 g/mol. The maximum absolute atomic E-state index is 12.4. The Kier molecular flexibility index (Phi) is 4.33. The van der Waals surface area contributed by atoms with Crippen LogP contribution in [0.4, 0.5) is 5.69 Å². The van der Waals surface area contributed by atoms with Crippen LogP contribution in [0.3, 0.4) is 0 Å². The second-order valence-corrected chi connectivity index (χ2v) is 5.98. The average Bonchev–Trinajstić information content (AvgIpc) is 3.31. The van der Waals surface area contributed by atoms with Crippen molar-refractivity contribution < 1.29 is 9.53 Å². The first kappa shape index (κ1) is 14.6. The summed E-state index contributed by atoms with van der Waals surface area (Å²) in [5.41, 5.74) is 7.74. The highest BCUT2D eigenvalue weighted by molar-refractivity contribution is 6.30. The molecule has 1 unspecified atom stereocenters. The lowest BCUT2D eigenvalue weighted by molar-refractivity contribution is -0.124. The molecule has 1 aliphatic heterocycles. The first-order valence-electron chi connectivity index (χ1n) is 7.32. The number of nitrogens with one attached hydrogen (secondary N) is 1. The third-order valence-electron chi connectivity index (χ3n) is 3.93. The highest BCUT2D eigenvalue weighted by Crippen LogP contribution is 2.28. The minimum atomic E-state index is -0.317. The van der Waals surface area contributed by atoms with Gasteiger partial charge in [0.15, 0.2) is 0 Å². The van der Waals surface area contributed by atoms with Gasteiger partial charge < -0.3 is 20.7 Å². The van der Waals surface area contributed by atoms with Crippen LogP contribution in [0.2, 0.25) is 5.02 Å². The van der Waals surface area contributed by atoms with Gasteiger partial charge in [-0.3, -0.25) is 4.79 Å². The van der Waals surface area contributed by atoms with Crippen LogP contribution in [-0.2, 0) is 16.1 Å². The van der Waals surface area contributed by atoms with Gasteiger partial charge in [-0.1, -0.05) is 17.7 Å². The number of hydrogen-bond acceptors (Lipinski definition) is 4. The number of rotatable bonds is 4. The first-order valence-corrected chi connectivity index (χ1v) is 7.70. The molecule has 1 aromatic carbocycles. The van der Waals surface area contributed by atoms with E-state index in [-0.39, 0.29) is 11.9 Å². The molecule has 0 spiro atoms. The number of amides is 1. The predicted molar refractivity (Wildman–Crippen MR) is 82.5 cm³/mol. The van der Waals surface area contributed by atoms with Crippen molar-refractivity contribution in [2.75, 3.05) is 24.7 Å². The number of carbonyl (C=O) groups is 1. The molecule has 5 nitrogen and oxygen atoms in total. The second kappa shape index (κ2) is 6.22. The van der Waals surface area contributed by atoms with Crippen LogP contribution >= 0.6 is 11.6 Å². The molecule has 3 rings (SSSR count). The van der Waals surface area contributed by atoms with Crippen molar-refractivity contribution in [1.82, 2.24) is 5.32 Å². The van der Waals surface area contributed by atoms with Crippen molar-refractivity contribution in [3.63, 3.8) is 0 Å². The van der Waals surface area contributed by atoms with Crippen molar-refractivity contribution in [3.8, 4) is 0 Å². The Labute approximate surface area is 129 Å². The van der Waals surface area contributed by atoms with E-state index in [1.807, 2.05) is 18.2 Å². The molecule has 1 saturated heterocycles. The quantitative estimate of drug-likeness (QED) is 0.879. The maximum atomic E-state index is 12.4. The number of nitrogens with two attached hydrogens (primary N) is 1. The Bertz CT molecular complexity index is 534. The maximum Gasteiger partial charge on any atom is 0.245 e. The fourth-order valence-corrected chi connectivity index (χ4v) is 2.78. The topological polar surface area (TPSA) is 67.6 Å². The van der Waals surface area contributed by atoms with Crippen LogP contribution in [0.25, 0.3) is 0 Å². The van der Waals surface area contributed by atoms with Gasteiger partial charge >= 0.3 is 0 Å². The van der Waals surface area contributed by atoms with E-state index in [0.717, 1.165) is 24.1 Å². The van der Waals surface area contributed by atoms with Gasteiger partial charge in [-0.2, -0.15) is 0 Å². The summed E-state index contributed by atoms with van der Waals surface area (Å²) >= 11 is 6.12. The number of benzene rings is 1. The van der Waals surface area contributed by atoms with Gasteiger partial charge in [0.2, 0.25) is 5.91 Å². The molecule has 1 aliphatic carbocycles. The summed E-state index contributed by atoms with van der Waals surface area (Å²) in [6, 6.07) is 5.65. The summed E-state index contributed by atoms with van der Waals surface area (Å²) in [6.45, 7) is 2.08. The molecule has 3 N–H and O–H groups in total. The molecule has 1 atom stereocenters. The minimum absolute atomic E-state index is 0.0279. The zero-order chi connectivity index (χ0) is 14.8. The molecule has 114 valence electrons. The van der Waals surface area contributed by atoms with E-state index in [0.29, 0.717) is 37.4 Å².